The minimum absolute atomic E-state index is 0.0670. The molecule has 1 amide bonds. The van der Waals surface area contributed by atoms with Gasteiger partial charge < -0.3 is 10.0 Å². The number of carboxylic acid groups (broad SMARTS) is 1. The van der Waals surface area contributed by atoms with Crippen molar-refractivity contribution in [2.75, 3.05) is 26.7 Å². The summed E-state index contributed by atoms with van der Waals surface area (Å²) in [6.45, 7) is 1.80. The number of hydrogen-bond acceptors (Lipinski definition) is 5. The summed E-state index contributed by atoms with van der Waals surface area (Å²) in [6, 6.07) is 3.10. The molecule has 0 aliphatic rings. The van der Waals surface area contributed by atoms with Crippen molar-refractivity contribution < 1.29 is 23.1 Å². The van der Waals surface area contributed by atoms with Crippen LogP contribution in [-0.2, 0) is 19.6 Å². The van der Waals surface area contributed by atoms with E-state index >= 15 is 0 Å². The van der Waals surface area contributed by atoms with Crippen molar-refractivity contribution in [1.82, 2.24) is 9.21 Å². The molecular weight excluding hydrogens is 316 g/mol. The molecule has 0 unspecified atom stereocenters. The lowest BCUT2D eigenvalue weighted by atomic mass is 10.3. The molecule has 0 aliphatic carbocycles. The van der Waals surface area contributed by atoms with Crippen LogP contribution in [0.4, 0.5) is 0 Å². The number of nitrogens with zero attached hydrogens (tertiary/aromatic N) is 2. The Morgan fingerprint density at radius 2 is 2.05 bits per heavy atom. The summed E-state index contributed by atoms with van der Waals surface area (Å²) in [5.74, 6) is -1.41. The van der Waals surface area contributed by atoms with E-state index in [0.29, 0.717) is 6.54 Å². The summed E-state index contributed by atoms with van der Waals surface area (Å²) in [7, 11) is -2.34. The fourth-order valence-corrected chi connectivity index (χ4v) is 3.95. The van der Waals surface area contributed by atoms with Crippen molar-refractivity contribution in [3.8, 4) is 0 Å². The van der Waals surface area contributed by atoms with Gasteiger partial charge in [0.05, 0.1) is 13.0 Å². The molecule has 0 radical (unpaired) electrons. The SMILES string of the molecule is CCN(CCC(=O)O)C(=O)CN(C)S(=O)(=O)c1cccs1. The Hall–Kier alpha value is -1.45. The van der Waals surface area contributed by atoms with Gasteiger partial charge in [-0.1, -0.05) is 6.07 Å². The van der Waals surface area contributed by atoms with Crippen LogP contribution in [0.5, 0.6) is 0 Å². The lowest BCUT2D eigenvalue weighted by Gasteiger charge is -2.23. The number of hydrogen-bond donors (Lipinski definition) is 1. The zero-order chi connectivity index (χ0) is 16.0. The summed E-state index contributed by atoms with van der Waals surface area (Å²) >= 11 is 1.08. The molecule has 0 saturated carbocycles. The van der Waals surface area contributed by atoms with Gasteiger partial charge in [0, 0.05) is 20.1 Å². The van der Waals surface area contributed by atoms with Gasteiger partial charge in [0.25, 0.3) is 10.0 Å². The molecule has 1 N–H and O–H groups in total. The highest BCUT2D eigenvalue weighted by Crippen LogP contribution is 2.19. The first kappa shape index (κ1) is 17.6. The smallest absolute Gasteiger partial charge is 0.305 e. The first-order valence-electron chi connectivity index (χ1n) is 6.28. The monoisotopic (exact) mass is 334 g/mol. The van der Waals surface area contributed by atoms with E-state index in [0.717, 1.165) is 15.6 Å². The van der Waals surface area contributed by atoms with E-state index in [1.54, 1.807) is 18.4 Å². The lowest BCUT2D eigenvalue weighted by molar-refractivity contribution is -0.138. The first-order valence-corrected chi connectivity index (χ1v) is 8.60. The second-order valence-electron chi connectivity index (χ2n) is 4.31. The highest BCUT2D eigenvalue weighted by atomic mass is 32.2. The Balaban J connectivity index is 2.70. The van der Waals surface area contributed by atoms with Gasteiger partial charge in [0.15, 0.2) is 0 Å². The van der Waals surface area contributed by atoms with Crippen molar-refractivity contribution in [1.29, 1.82) is 0 Å². The van der Waals surface area contributed by atoms with Crippen LogP contribution in [0.2, 0.25) is 0 Å². The number of amides is 1. The molecular formula is C12H18N2O5S2. The van der Waals surface area contributed by atoms with E-state index in [4.69, 9.17) is 5.11 Å². The second-order valence-corrected chi connectivity index (χ2v) is 7.53. The van der Waals surface area contributed by atoms with Crippen molar-refractivity contribution >= 4 is 33.2 Å². The zero-order valence-electron chi connectivity index (χ0n) is 11.9. The van der Waals surface area contributed by atoms with Gasteiger partial charge in [0.2, 0.25) is 5.91 Å². The van der Waals surface area contributed by atoms with Crippen LogP contribution in [0.15, 0.2) is 21.7 Å². The van der Waals surface area contributed by atoms with Gasteiger partial charge in [0.1, 0.15) is 4.21 Å². The molecule has 118 valence electrons. The van der Waals surface area contributed by atoms with Crippen molar-refractivity contribution in [3.05, 3.63) is 17.5 Å². The quantitative estimate of drug-likeness (QED) is 0.755. The van der Waals surface area contributed by atoms with Crippen LogP contribution in [0.1, 0.15) is 13.3 Å². The standard InChI is InChI=1S/C12H18N2O5S2/c1-3-14(7-6-11(16)17)10(15)9-13(2)21(18,19)12-5-4-8-20-12/h4-5,8H,3,6-7,9H2,1-2H3,(H,16,17). The van der Waals surface area contributed by atoms with E-state index in [2.05, 4.69) is 0 Å². The van der Waals surface area contributed by atoms with Crippen LogP contribution in [0.3, 0.4) is 0 Å². The normalized spacial score (nSPS) is 11.6. The van der Waals surface area contributed by atoms with Crippen molar-refractivity contribution in [3.63, 3.8) is 0 Å². The minimum atomic E-state index is -3.68. The predicted molar refractivity (Wildman–Crippen MR) is 78.6 cm³/mol. The fourth-order valence-electron chi connectivity index (χ4n) is 1.63. The summed E-state index contributed by atoms with van der Waals surface area (Å²) in [6.07, 6.45) is -0.166. The molecule has 0 aliphatic heterocycles. The van der Waals surface area contributed by atoms with Gasteiger partial charge in [-0.25, -0.2) is 8.42 Å². The summed E-state index contributed by atoms with van der Waals surface area (Å²) in [5.41, 5.74) is 0. The van der Waals surface area contributed by atoms with Crippen molar-refractivity contribution in [2.24, 2.45) is 0 Å². The number of likely N-dealkylation sites (N-methyl/N-ethyl adjacent to an activating group) is 2. The molecule has 21 heavy (non-hydrogen) atoms. The van der Waals surface area contributed by atoms with Gasteiger partial charge in [-0.2, -0.15) is 4.31 Å². The Kier molecular flexibility index (Phi) is 6.31. The van der Waals surface area contributed by atoms with Crippen LogP contribution < -0.4 is 0 Å². The number of carbonyl (C=O) groups is 2. The predicted octanol–water partition coefficient (Wildman–Crippen LogP) is 0.692. The number of carbonyl (C=O) groups excluding carboxylic acids is 1. The van der Waals surface area contributed by atoms with E-state index in [1.165, 1.54) is 18.0 Å². The third-order valence-electron chi connectivity index (χ3n) is 2.85. The van der Waals surface area contributed by atoms with Crippen LogP contribution in [0.25, 0.3) is 0 Å². The Bertz CT molecular complexity index is 583. The Labute approximate surface area is 127 Å². The van der Waals surface area contributed by atoms with E-state index < -0.39 is 21.9 Å². The highest BCUT2D eigenvalue weighted by molar-refractivity contribution is 7.91. The number of aliphatic carboxylic acids is 1. The summed E-state index contributed by atoms with van der Waals surface area (Å²) < 4.78 is 25.5. The molecule has 1 aromatic rings. The number of thiophene rings is 1. The Morgan fingerprint density at radius 3 is 2.52 bits per heavy atom. The number of sulfonamides is 1. The minimum Gasteiger partial charge on any atom is -0.481 e. The van der Waals surface area contributed by atoms with Gasteiger partial charge in [-0.05, 0) is 18.4 Å². The van der Waals surface area contributed by atoms with Gasteiger partial charge in [-0.3, -0.25) is 9.59 Å². The largest absolute Gasteiger partial charge is 0.481 e. The first-order chi connectivity index (χ1) is 9.78. The Morgan fingerprint density at radius 1 is 1.38 bits per heavy atom. The number of carboxylic acids is 1. The summed E-state index contributed by atoms with van der Waals surface area (Å²) in [5, 5.41) is 10.3. The maximum Gasteiger partial charge on any atom is 0.305 e. The molecule has 0 atom stereocenters. The molecule has 0 saturated heterocycles. The molecule has 0 spiro atoms. The molecule has 0 aromatic carbocycles. The third-order valence-corrected chi connectivity index (χ3v) is 6.02. The average molecular weight is 334 g/mol. The fraction of sp³-hybridized carbons (Fsp3) is 0.500. The zero-order valence-corrected chi connectivity index (χ0v) is 13.5. The van der Waals surface area contributed by atoms with Crippen molar-refractivity contribution in [2.45, 2.75) is 17.6 Å². The summed E-state index contributed by atoms with van der Waals surface area (Å²) in [4.78, 5) is 23.9. The molecule has 1 heterocycles. The van der Waals surface area contributed by atoms with Gasteiger partial charge >= 0.3 is 5.97 Å². The van der Waals surface area contributed by atoms with Gasteiger partial charge in [-0.15, -0.1) is 11.3 Å². The maximum atomic E-state index is 12.2. The molecule has 0 bridgehead atoms. The molecule has 9 heteroatoms. The van der Waals surface area contributed by atoms with E-state index in [-0.39, 0.29) is 23.7 Å². The highest BCUT2D eigenvalue weighted by Gasteiger charge is 2.25. The molecule has 1 aromatic heterocycles. The maximum absolute atomic E-state index is 12.2. The van der Waals surface area contributed by atoms with Crippen LogP contribution >= 0.6 is 11.3 Å². The van der Waals surface area contributed by atoms with Crippen LogP contribution in [0, 0.1) is 0 Å². The molecule has 7 nitrogen and oxygen atoms in total. The third kappa shape index (κ3) is 4.80. The van der Waals surface area contributed by atoms with E-state index in [1.807, 2.05) is 0 Å². The molecule has 0 fully saturated rings. The average Bonchev–Trinajstić information content (AvgIpc) is 2.93. The van der Waals surface area contributed by atoms with Crippen LogP contribution in [-0.4, -0.2) is 61.3 Å². The number of rotatable bonds is 8. The second kappa shape index (κ2) is 7.53. The lowest BCUT2D eigenvalue weighted by Crippen LogP contribution is -2.41. The topological polar surface area (TPSA) is 95.0 Å². The molecule has 1 rings (SSSR count). The van der Waals surface area contributed by atoms with E-state index in [9.17, 15) is 18.0 Å².